The van der Waals surface area contributed by atoms with Gasteiger partial charge in [0.1, 0.15) is 0 Å². The highest BCUT2D eigenvalue weighted by atomic mass is 32.2. The van der Waals surface area contributed by atoms with Crippen LogP contribution >= 0.6 is 0 Å². The van der Waals surface area contributed by atoms with E-state index in [-0.39, 0.29) is 5.92 Å². The van der Waals surface area contributed by atoms with Crippen molar-refractivity contribution < 1.29 is 13.0 Å². The molecule has 0 saturated heterocycles. The SMILES string of the molecule is CCCC1CC(C)C2C3CC(C12)C(S(=O)(=O)O)C3. The summed E-state index contributed by atoms with van der Waals surface area (Å²) >= 11 is 0. The molecule has 104 valence electrons. The summed E-state index contributed by atoms with van der Waals surface area (Å²) in [6, 6.07) is 0. The lowest BCUT2D eigenvalue weighted by Crippen LogP contribution is -2.37. The van der Waals surface area contributed by atoms with Crippen molar-refractivity contribution in [1.29, 1.82) is 0 Å². The third-order valence-electron chi connectivity index (χ3n) is 5.99. The highest BCUT2D eigenvalue weighted by molar-refractivity contribution is 7.86. The topological polar surface area (TPSA) is 54.4 Å². The predicted octanol–water partition coefficient (Wildman–Crippen LogP) is 2.97. The van der Waals surface area contributed by atoms with E-state index in [9.17, 15) is 13.0 Å². The number of hydrogen-bond donors (Lipinski definition) is 1. The number of fused-ring (bicyclic) bond motifs is 5. The third kappa shape index (κ3) is 1.75. The molecule has 18 heavy (non-hydrogen) atoms. The Bertz CT molecular complexity index is 430. The Morgan fingerprint density at radius 2 is 1.89 bits per heavy atom. The van der Waals surface area contributed by atoms with Crippen molar-refractivity contribution in [3.63, 3.8) is 0 Å². The smallest absolute Gasteiger partial charge is 0.268 e. The molecule has 0 aromatic rings. The second-order valence-electron chi connectivity index (χ2n) is 6.87. The summed E-state index contributed by atoms with van der Waals surface area (Å²) in [4.78, 5) is 0. The average Bonchev–Trinajstić information content (AvgIpc) is 2.89. The summed E-state index contributed by atoms with van der Waals surface area (Å²) in [5.74, 6) is 3.58. The van der Waals surface area contributed by atoms with Crippen molar-refractivity contribution in [3.8, 4) is 0 Å². The van der Waals surface area contributed by atoms with Gasteiger partial charge in [0, 0.05) is 0 Å². The van der Waals surface area contributed by atoms with Gasteiger partial charge in [0.05, 0.1) is 5.25 Å². The molecule has 3 saturated carbocycles. The Labute approximate surface area is 110 Å². The minimum absolute atomic E-state index is 0.247. The Kier molecular flexibility index (Phi) is 3.02. The third-order valence-corrected chi connectivity index (χ3v) is 7.30. The molecular weight excluding hydrogens is 248 g/mol. The molecule has 3 aliphatic carbocycles. The van der Waals surface area contributed by atoms with Crippen molar-refractivity contribution >= 4 is 10.1 Å². The van der Waals surface area contributed by atoms with Gasteiger partial charge in [-0.2, -0.15) is 8.42 Å². The molecule has 0 amide bonds. The van der Waals surface area contributed by atoms with E-state index < -0.39 is 15.4 Å². The molecule has 0 spiro atoms. The summed E-state index contributed by atoms with van der Waals surface area (Å²) in [5, 5.41) is -0.451. The van der Waals surface area contributed by atoms with Crippen molar-refractivity contribution in [3.05, 3.63) is 0 Å². The molecule has 0 aliphatic heterocycles. The molecule has 2 bridgehead atoms. The molecular formula is C14H24O3S. The highest BCUT2D eigenvalue weighted by Crippen LogP contribution is 2.64. The maximum Gasteiger partial charge on any atom is 0.268 e. The number of rotatable bonds is 3. The van der Waals surface area contributed by atoms with E-state index in [0.717, 1.165) is 18.3 Å². The monoisotopic (exact) mass is 272 g/mol. The summed E-state index contributed by atoms with van der Waals surface area (Å²) in [6.07, 6.45) is 5.45. The first-order valence-electron chi connectivity index (χ1n) is 7.39. The van der Waals surface area contributed by atoms with Crippen LogP contribution in [0.5, 0.6) is 0 Å². The van der Waals surface area contributed by atoms with E-state index in [1.54, 1.807) is 0 Å². The Morgan fingerprint density at radius 1 is 1.17 bits per heavy atom. The quantitative estimate of drug-likeness (QED) is 0.804. The van der Waals surface area contributed by atoms with Crippen LogP contribution in [0.4, 0.5) is 0 Å². The summed E-state index contributed by atoms with van der Waals surface area (Å²) < 4.78 is 32.4. The van der Waals surface area contributed by atoms with E-state index in [1.165, 1.54) is 19.3 Å². The first-order chi connectivity index (χ1) is 8.43. The number of hydrogen-bond acceptors (Lipinski definition) is 2. The van der Waals surface area contributed by atoms with E-state index in [4.69, 9.17) is 0 Å². The lowest BCUT2D eigenvalue weighted by atomic mass is 9.75. The second kappa shape index (κ2) is 4.20. The van der Waals surface area contributed by atoms with Gasteiger partial charge < -0.3 is 0 Å². The summed E-state index contributed by atoms with van der Waals surface area (Å²) in [7, 11) is -3.83. The molecule has 7 atom stereocenters. The molecule has 3 rings (SSSR count). The van der Waals surface area contributed by atoms with Crippen LogP contribution in [0.3, 0.4) is 0 Å². The van der Waals surface area contributed by atoms with Gasteiger partial charge in [0.15, 0.2) is 0 Å². The lowest BCUT2D eigenvalue weighted by molar-refractivity contribution is 0.186. The Morgan fingerprint density at radius 3 is 2.50 bits per heavy atom. The Balaban J connectivity index is 1.87. The van der Waals surface area contributed by atoms with Gasteiger partial charge in [-0.25, -0.2) is 0 Å². The van der Waals surface area contributed by atoms with Gasteiger partial charge in [0.25, 0.3) is 10.1 Å². The van der Waals surface area contributed by atoms with Crippen LogP contribution in [-0.2, 0) is 10.1 Å². The van der Waals surface area contributed by atoms with Crippen LogP contribution in [0.1, 0.15) is 46.0 Å². The van der Waals surface area contributed by atoms with Gasteiger partial charge in [-0.15, -0.1) is 0 Å². The Hall–Kier alpha value is -0.0900. The molecule has 3 nitrogen and oxygen atoms in total. The van der Waals surface area contributed by atoms with Crippen molar-refractivity contribution in [1.82, 2.24) is 0 Å². The molecule has 1 N–H and O–H groups in total. The van der Waals surface area contributed by atoms with Crippen molar-refractivity contribution in [2.75, 3.05) is 0 Å². The van der Waals surface area contributed by atoms with Crippen LogP contribution in [0.15, 0.2) is 0 Å². The van der Waals surface area contributed by atoms with Crippen molar-refractivity contribution in [2.24, 2.45) is 35.5 Å². The van der Waals surface area contributed by atoms with Gasteiger partial charge in [-0.05, 0) is 54.8 Å². The molecule has 0 radical (unpaired) electrons. The molecule has 0 heterocycles. The van der Waals surface area contributed by atoms with Crippen molar-refractivity contribution in [2.45, 2.75) is 51.2 Å². The molecule has 0 aromatic carbocycles. The molecule has 4 heteroatoms. The average molecular weight is 272 g/mol. The predicted molar refractivity (Wildman–Crippen MR) is 70.7 cm³/mol. The summed E-state index contributed by atoms with van der Waals surface area (Å²) in [6.45, 7) is 4.56. The fourth-order valence-electron chi connectivity index (χ4n) is 5.71. The lowest BCUT2D eigenvalue weighted by Gasteiger charge is -2.34. The van der Waals surface area contributed by atoms with Crippen LogP contribution < -0.4 is 0 Å². The first-order valence-corrected chi connectivity index (χ1v) is 8.90. The zero-order valence-corrected chi connectivity index (χ0v) is 12.1. The van der Waals surface area contributed by atoms with Gasteiger partial charge in [-0.3, -0.25) is 4.55 Å². The maximum atomic E-state index is 11.5. The van der Waals surface area contributed by atoms with Crippen LogP contribution in [0, 0.1) is 35.5 Å². The minimum Gasteiger partial charge on any atom is -0.285 e. The molecule has 3 fully saturated rings. The van der Waals surface area contributed by atoms with E-state index in [2.05, 4.69) is 13.8 Å². The van der Waals surface area contributed by atoms with Gasteiger partial charge in [0.2, 0.25) is 0 Å². The van der Waals surface area contributed by atoms with Crippen LogP contribution in [-0.4, -0.2) is 18.2 Å². The van der Waals surface area contributed by atoms with E-state index in [0.29, 0.717) is 24.2 Å². The van der Waals surface area contributed by atoms with E-state index >= 15 is 0 Å². The minimum atomic E-state index is -3.83. The largest absolute Gasteiger partial charge is 0.285 e. The van der Waals surface area contributed by atoms with Crippen LogP contribution in [0.25, 0.3) is 0 Å². The fourth-order valence-corrected chi connectivity index (χ4v) is 6.94. The summed E-state index contributed by atoms with van der Waals surface area (Å²) in [5.41, 5.74) is 0. The van der Waals surface area contributed by atoms with Gasteiger partial charge >= 0.3 is 0 Å². The zero-order valence-electron chi connectivity index (χ0n) is 11.2. The molecule has 0 aromatic heterocycles. The van der Waals surface area contributed by atoms with Gasteiger partial charge in [-0.1, -0.05) is 26.7 Å². The standard InChI is InChI=1S/C14H24O3S/c1-3-4-9-5-8(2)13-10-6-11(14(9)13)12(7-10)18(15,16)17/h8-14H,3-7H2,1-2H3,(H,15,16,17). The normalized spacial score (nSPS) is 50.7. The maximum absolute atomic E-state index is 11.5. The van der Waals surface area contributed by atoms with Crippen LogP contribution in [0.2, 0.25) is 0 Å². The van der Waals surface area contributed by atoms with E-state index in [1.807, 2.05) is 0 Å². The second-order valence-corrected chi connectivity index (χ2v) is 8.50. The molecule has 7 unspecified atom stereocenters. The molecule has 3 aliphatic rings. The first kappa shape index (κ1) is 12.9. The highest BCUT2D eigenvalue weighted by Gasteiger charge is 2.61. The fraction of sp³-hybridized carbons (Fsp3) is 1.00. The zero-order chi connectivity index (χ0) is 13.1.